The molecule has 0 amide bonds. The summed E-state index contributed by atoms with van der Waals surface area (Å²) >= 11 is 0. The number of carbonyl (C=O) groups excluding carboxylic acids is 2. The summed E-state index contributed by atoms with van der Waals surface area (Å²) in [4.78, 5) is 35.2. The van der Waals surface area contributed by atoms with Crippen molar-refractivity contribution in [3.8, 4) is 0 Å². The van der Waals surface area contributed by atoms with Crippen molar-refractivity contribution in [2.24, 2.45) is 0 Å². The summed E-state index contributed by atoms with van der Waals surface area (Å²) in [5.74, 6) is 0. The molecule has 0 aliphatic heterocycles. The Bertz CT molecular complexity index is 633. The highest BCUT2D eigenvalue weighted by atomic mass is 16.7. The maximum Gasteiger partial charge on any atom is 0.509 e. The molecule has 1 heterocycles. The monoisotopic (exact) mass is 325 g/mol. The van der Waals surface area contributed by atoms with Gasteiger partial charge >= 0.3 is 12.2 Å². The van der Waals surface area contributed by atoms with Crippen molar-refractivity contribution in [3.63, 3.8) is 0 Å². The second-order valence-corrected chi connectivity index (χ2v) is 6.98. The maximum atomic E-state index is 12.0. The Hall–Kier alpha value is -2.31. The molecule has 0 N–H and O–H groups in total. The van der Waals surface area contributed by atoms with E-state index in [2.05, 4.69) is 0 Å². The quantitative estimate of drug-likeness (QED) is 0.777. The highest BCUT2D eigenvalue weighted by Crippen LogP contribution is 2.10. The van der Waals surface area contributed by atoms with E-state index in [-0.39, 0.29) is 17.6 Å². The first kappa shape index (κ1) is 18.7. The van der Waals surface area contributed by atoms with E-state index in [4.69, 9.17) is 14.2 Å². The predicted octanol–water partition coefficient (Wildman–Crippen LogP) is 3.08. The minimum absolute atomic E-state index is 0.143. The molecule has 0 saturated carbocycles. The van der Waals surface area contributed by atoms with E-state index in [0.29, 0.717) is 0 Å². The SMILES string of the molecule is CC(C)(C)OC(=O)OCc1cn(C(=O)OC(C)(C)C)ccc1=O. The van der Waals surface area contributed by atoms with Crippen molar-refractivity contribution in [2.75, 3.05) is 0 Å². The van der Waals surface area contributed by atoms with Gasteiger partial charge in [-0.15, -0.1) is 0 Å². The van der Waals surface area contributed by atoms with Crippen LogP contribution in [0.2, 0.25) is 0 Å². The van der Waals surface area contributed by atoms with Gasteiger partial charge in [0.05, 0.1) is 5.56 Å². The molecule has 0 spiro atoms. The van der Waals surface area contributed by atoms with Gasteiger partial charge in [0.2, 0.25) is 0 Å². The third-order valence-electron chi connectivity index (χ3n) is 2.34. The fourth-order valence-electron chi connectivity index (χ4n) is 1.48. The minimum atomic E-state index is -0.885. The van der Waals surface area contributed by atoms with E-state index in [1.54, 1.807) is 41.5 Å². The van der Waals surface area contributed by atoms with E-state index in [1.165, 1.54) is 18.5 Å². The molecular formula is C16H23NO6. The van der Waals surface area contributed by atoms with Crippen LogP contribution in [0.25, 0.3) is 0 Å². The third-order valence-corrected chi connectivity index (χ3v) is 2.34. The number of hydrogen-bond donors (Lipinski definition) is 0. The van der Waals surface area contributed by atoms with Gasteiger partial charge in [-0.1, -0.05) is 0 Å². The standard InChI is InChI=1S/C16H23NO6/c1-15(2,3)22-13(19)17-8-7-12(18)11(9-17)10-21-14(20)23-16(4,5)6/h7-9H,10H2,1-6H3. The van der Waals surface area contributed by atoms with Crippen LogP contribution in [-0.4, -0.2) is 28.0 Å². The van der Waals surface area contributed by atoms with Crippen molar-refractivity contribution in [2.45, 2.75) is 59.4 Å². The van der Waals surface area contributed by atoms with E-state index >= 15 is 0 Å². The number of pyridine rings is 1. The fraction of sp³-hybridized carbons (Fsp3) is 0.562. The first-order valence-corrected chi connectivity index (χ1v) is 7.18. The maximum absolute atomic E-state index is 12.0. The molecule has 0 saturated heterocycles. The second kappa shape index (κ2) is 6.85. The van der Waals surface area contributed by atoms with Crippen LogP contribution in [0.1, 0.15) is 47.1 Å². The van der Waals surface area contributed by atoms with E-state index < -0.39 is 23.5 Å². The number of rotatable bonds is 2. The van der Waals surface area contributed by atoms with Crippen LogP contribution >= 0.6 is 0 Å². The van der Waals surface area contributed by atoms with Crippen LogP contribution in [0.15, 0.2) is 23.3 Å². The minimum Gasteiger partial charge on any atom is -0.443 e. The predicted molar refractivity (Wildman–Crippen MR) is 83.4 cm³/mol. The first-order chi connectivity index (χ1) is 10.4. The fourth-order valence-corrected chi connectivity index (χ4v) is 1.48. The van der Waals surface area contributed by atoms with E-state index in [1.807, 2.05) is 0 Å². The molecule has 0 aliphatic rings. The molecule has 0 fully saturated rings. The van der Waals surface area contributed by atoms with Gasteiger partial charge < -0.3 is 14.2 Å². The second-order valence-electron chi connectivity index (χ2n) is 6.98. The molecule has 23 heavy (non-hydrogen) atoms. The van der Waals surface area contributed by atoms with Gasteiger partial charge in [0.1, 0.15) is 17.8 Å². The van der Waals surface area contributed by atoms with Crippen LogP contribution < -0.4 is 5.43 Å². The Morgan fingerprint density at radius 1 is 1.04 bits per heavy atom. The average molecular weight is 325 g/mol. The number of nitrogens with zero attached hydrogens (tertiary/aromatic N) is 1. The lowest BCUT2D eigenvalue weighted by Gasteiger charge is -2.20. The zero-order valence-electron chi connectivity index (χ0n) is 14.3. The van der Waals surface area contributed by atoms with Gasteiger partial charge in [-0.05, 0) is 41.5 Å². The van der Waals surface area contributed by atoms with Crippen molar-refractivity contribution in [1.82, 2.24) is 4.57 Å². The molecule has 1 aromatic rings. The summed E-state index contributed by atoms with van der Waals surface area (Å²) in [7, 11) is 0. The molecule has 7 nitrogen and oxygen atoms in total. The van der Waals surface area contributed by atoms with Crippen LogP contribution in [0, 0.1) is 0 Å². The molecular weight excluding hydrogens is 302 g/mol. The normalized spacial score (nSPS) is 11.7. The van der Waals surface area contributed by atoms with Gasteiger partial charge in [0.15, 0.2) is 5.43 Å². The zero-order chi connectivity index (χ0) is 17.8. The number of aromatic nitrogens is 1. The molecule has 0 radical (unpaired) electrons. The molecule has 7 heteroatoms. The average Bonchev–Trinajstić information content (AvgIpc) is 2.33. The number of carbonyl (C=O) groups is 2. The van der Waals surface area contributed by atoms with Crippen molar-refractivity contribution < 1.29 is 23.8 Å². The molecule has 0 aliphatic carbocycles. The summed E-state index contributed by atoms with van der Waals surface area (Å²) in [5, 5.41) is 0. The highest BCUT2D eigenvalue weighted by Gasteiger charge is 2.19. The van der Waals surface area contributed by atoms with Crippen LogP contribution in [-0.2, 0) is 20.8 Å². The molecule has 128 valence electrons. The van der Waals surface area contributed by atoms with Crippen molar-refractivity contribution in [3.05, 3.63) is 34.2 Å². The number of ether oxygens (including phenoxy) is 3. The Balaban J connectivity index is 2.80. The lowest BCUT2D eigenvalue weighted by atomic mass is 10.2. The lowest BCUT2D eigenvalue weighted by Crippen LogP contribution is -2.28. The first-order valence-electron chi connectivity index (χ1n) is 7.18. The Morgan fingerprint density at radius 3 is 2.13 bits per heavy atom. The Morgan fingerprint density at radius 2 is 1.61 bits per heavy atom. The molecule has 0 aromatic carbocycles. The van der Waals surface area contributed by atoms with Gasteiger partial charge in [0.25, 0.3) is 0 Å². The Labute approximate surface area is 135 Å². The summed E-state index contributed by atoms with van der Waals surface area (Å²) in [5.41, 5.74) is -1.56. The molecule has 0 unspecified atom stereocenters. The molecule has 0 atom stereocenters. The van der Waals surface area contributed by atoms with Crippen molar-refractivity contribution in [1.29, 1.82) is 0 Å². The van der Waals surface area contributed by atoms with Gasteiger partial charge in [0, 0.05) is 18.5 Å². The summed E-state index contributed by atoms with van der Waals surface area (Å²) < 4.78 is 16.2. The molecule has 0 bridgehead atoms. The van der Waals surface area contributed by atoms with Crippen LogP contribution in [0.3, 0.4) is 0 Å². The molecule has 1 rings (SSSR count). The lowest BCUT2D eigenvalue weighted by molar-refractivity contribution is -0.0109. The van der Waals surface area contributed by atoms with E-state index in [9.17, 15) is 14.4 Å². The summed E-state index contributed by atoms with van der Waals surface area (Å²) in [6, 6.07) is 1.21. The number of hydrogen-bond acceptors (Lipinski definition) is 6. The largest absolute Gasteiger partial charge is 0.509 e. The smallest absolute Gasteiger partial charge is 0.443 e. The third kappa shape index (κ3) is 6.99. The highest BCUT2D eigenvalue weighted by molar-refractivity contribution is 5.70. The molecule has 1 aromatic heterocycles. The van der Waals surface area contributed by atoms with Gasteiger partial charge in [-0.3, -0.25) is 9.36 Å². The van der Waals surface area contributed by atoms with Crippen LogP contribution in [0.5, 0.6) is 0 Å². The van der Waals surface area contributed by atoms with Crippen LogP contribution in [0.4, 0.5) is 9.59 Å². The Kier molecular flexibility index (Phi) is 5.58. The summed E-state index contributed by atoms with van der Waals surface area (Å²) in [6.45, 7) is 10.0. The zero-order valence-corrected chi connectivity index (χ0v) is 14.3. The van der Waals surface area contributed by atoms with Crippen molar-refractivity contribution >= 4 is 12.2 Å². The van der Waals surface area contributed by atoms with Gasteiger partial charge in [-0.25, -0.2) is 9.59 Å². The van der Waals surface area contributed by atoms with E-state index in [0.717, 1.165) is 4.57 Å². The topological polar surface area (TPSA) is 83.8 Å². The summed E-state index contributed by atoms with van der Waals surface area (Å²) in [6.07, 6.45) is 1.06. The van der Waals surface area contributed by atoms with Gasteiger partial charge in [-0.2, -0.15) is 0 Å².